The van der Waals surface area contributed by atoms with Gasteiger partial charge in [0, 0.05) is 0 Å². The molecule has 3 N–H and O–H groups in total. The highest BCUT2D eigenvalue weighted by molar-refractivity contribution is 7.89. The van der Waals surface area contributed by atoms with Crippen molar-refractivity contribution in [3.8, 4) is 0 Å². The summed E-state index contributed by atoms with van der Waals surface area (Å²) in [5.41, 5.74) is -0.823. The number of aromatic carboxylic acids is 1. The van der Waals surface area contributed by atoms with Crippen molar-refractivity contribution in [2.45, 2.75) is 29.7 Å². The third kappa shape index (κ3) is 2.28. The molecule has 8 heteroatoms. The van der Waals surface area contributed by atoms with Crippen LogP contribution in [-0.4, -0.2) is 36.7 Å². The molecule has 0 aromatic carbocycles. The van der Waals surface area contributed by atoms with E-state index in [1.54, 1.807) is 0 Å². The predicted molar refractivity (Wildman–Crippen MR) is 65.3 cm³/mol. The van der Waals surface area contributed by atoms with E-state index in [2.05, 4.69) is 4.72 Å². The Kier molecular flexibility index (Phi) is 3.45. The Labute approximate surface area is 108 Å². The van der Waals surface area contributed by atoms with E-state index in [4.69, 9.17) is 5.11 Å². The van der Waals surface area contributed by atoms with Crippen LogP contribution in [0.3, 0.4) is 0 Å². The maximum Gasteiger partial charge on any atom is 0.347 e. The van der Waals surface area contributed by atoms with Crippen molar-refractivity contribution in [3.63, 3.8) is 0 Å². The minimum atomic E-state index is -3.90. The van der Waals surface area contributed by atoms with Crippen LogP contribution in [0.15, 0.2) is 16.3 Å². The van der Waals surface area contributed by atoms with Gasteiger partial charge in [-0.3, -0.25) is 0 Å². The number of hydrogen-bond acceptors (Lipinski definition) is 5. The Bertz CT molecular complexity index is 553. The fourth-order valence-corrected chi connectivity index (χ4v) is 4.61. The average molecular weight is 291 g/mol. The summed E-state index contributed by atoms with van der Waals surface area (Å²) in [5.74, 6) is -1.27. The number of rotatable bonds is 5. The maximum atomic E-state index is 12.1. The second kappa shape index (κ2) is 4.61. The van der Waals surface area contributed by atoms with Crippen LogP contribution in [0.4, 0.5) is 0 Å². The highest BCUT2D eigenvalue weighted by Crippen LogP contribution is 2.33. The largest absolute Gasteiger partial charge is 0.477 e. The van der Waals surface area contributed by atoms with Gasteiger partial charge in [0.1, 0.15) is 9.77 Å². The minimum absolute atomic E-state index is 0.213. The molecule has 0 saturated heterocycles. The number of nitrogens with one attached hydrogen (secondary N) is 1. The van der Waals surface area contributed by atoms with Crippen LogP contribution in [0.5, 0.6) is 0 Å². The van der Waals surface area contributed by atoms with E-state index in [0.717, 1.165) is 17.8 Å². The Balaban J connectivity index is 2.31. The monoisotopic (exact) mass is 291 g/mol. The lowest BCUT2D eigenvalue weighted by Gasteiger charge is -2.40. The van der Waals surface area contributed by atoms with Gasteiger partial charge in [0.15, 0.2) is 0 Å². The van der Waals surface area contributed by atoms with Gasteiger partial charge in [-0.15, -0.1) is 11.3 Å². The van der Waals surface area contributed by atoms with Crippen LogP contribution in [0.1, 0.15) is 28.9 Å². The highest BCUT2D eigenvalue weighted by atomic mass is 32.2. The Morgan fingerprint density at radius 3 is 2.61 bits per heavy atom. The Morgan fingerprint density at radius 2 is 2.17 bits per heavy atom. The van der Waals surface area contributed by atoms with Crippen LogP contribution in [0.2, 0.25) is 0 Å². The van der Waals surface area contributed by atoms with Gasteiger partial charge in [-0.1, -0.05) is 0 Å². The van der Waals surface area contributed by atoms with E-state index in [1.807, 2.05) is 0 Å². The molecule has 0 radical (unpaired) electrons. The van der Waals surface area contributed by atoms with Crippen molar-refractivity contribution in [3.05, 3.63) is 16.3 Å². The number of carboxylic acid groups (broad SMARTS) is 1. The first-order valence-electron chi connectivity index (χ1n) is 5.36. The molecule has 1 aromatic heterocycles. The molecular formula is C10H13NO5S2. The van der Waals surface area contributed by atoms with Crippen molar-refractivity contribution in [1.29, 1.82) is 0 Å². The average Bonchev–Trinajstić information content (AvgIpc) is 2.73. The topological polar surface area (TPSA) is 104 Å². The number of carboxylic acids is 1. The van der Waals surface area contributed by atoms with Crippen LogP contribution in [0, 0.1) is 0 Å². The molecule has 1 heterocycles. The smallest absolute Gasteiger partial charge is 0.347 e. The summed E-state index contributed by atoms with van der Waals surface area (Å²) in [6.07, 6.45) is 1.98. The van der Waals surface area contributed by atoms with Gasteiger partial charge in [0.25, 0.3) is 0 Å². The molecule has 1 aliphatic carbocycles. The molecular weight excluding hydrogens is 278 g/mol. The Hall–Kier alpha value is -0.960. The van der Waals surface area contributed by atoms with Crippen molar-refractivity contribution in [1.82, 2.24) is 4.72 Å². The number of aliphatic hydroxyl groups is 1. The second-order valence-corrected chi connectivity index (χ2v) is 6.88. The van der Waals surface area contributed by atoms with E-state index in [1.165, 1.54) is 11.4 Å². The zero-order valence-corrected chi connectivity index (χ0v) is 11.1. The van der Waals surface area contributed by atoms with Gasteiger partial charge >= 0.3 is 5.97 Å². The summed E-state index contributed by atoms with van der Waals surface area (Å²) in [4.78, 5) is 10.5. The summed E-state index contributed by atoms with van der Waals surface area (Å²) in [6, 6.07) is 1.26. The Morgan fingerprint density at radius 1 is 1.50 bits per heavy atom. The first-order valence-corrected chi connectivity index (χ1v) is 7.72. The third-order valence-corrected chi connectivity index (χ3v) is 5.73. The first-order chi connectivity index (χ1) is 8.40. The molecule has 1 saturated carbocycles. The summed E-state index contributed by atoms with van der Waals surface area (Å²) >= 11 is 0.863. The van der Waals surface area contributed by atoms with Crippen molar-refractivity contribution >= 4 is 27.3 Å². The lowest BCUT2D eigenvalue weighted by atomic mass is 9.78. The molecule has 0 spiro atoms. The van der Waals surface area contributed by atoms with Crippen molar-refractivity contribution in [2.75, 3.05) is 6.61 Å². The van der Waals surface area contributed by atoms with Crippen molar-refractivity contribution in [2.24, 2.45) is 0 Å². The summed E-state index contributed by atoms with van der Waals surface area (Å²) in [7, 11) is -3.90. The fourth-order valence-electron chi connectivity index (χ4n) is 1.90. The molecule has 1 aromatic rings. The number of carbonyl (C=O) groups is 1. The van der Waals surface area contributed by atoms with E-state index in [-0.39, 0.29) is 16.4 Å². The predicted octanol–water partition coefficient (Wildman–Crippen LogP) is 0.640. The second-order valence-electron chi connectivity index (χ2n) is 4.32. The third-order valence-electron chi connectivity index (χ3n) is 3.08. The lowest BCUT2D eigenvalue weighted by molar-refractivity contribution is 0.0698. The molecule has 18 heavy (non-hydrogen) atoms. The normalized spacial score (nSPS) is 18.3. The number of aliphatic hydroxyl groups excluding tert-OH is 1. The van der Waals surface area contributed by atoms with Crippen LogP contribution < -0.4 is 4.72 Å². The molecule has 0 unspecified atom stereocenters. The van der Waals surface area contributed by atoms with Crippen molar-refractivity contribution < 1.29 is 23.4 Å². The van der Waals surface area contributed by atoms with Gasteiger partial charge in [-0.25, -0.2) is 17.9 Å². The first kappa shape index (κ1) is 13.5. The number of hydrogen-bond donors (Lipinski definition) is 3. The van der Waals surface area contributed by atoms with Crippen LogP contribution in [0.25, 0.3) is 0 Å². The summed E-state index contributed by atoms with van der Waals surface area (Å²) < 4.78 is 26.6. The SMILES string of the molecule is O=C(O)c1sccc1S(=O)(=O)NC1(CO)CCC1. The van der Waals surface area contributed by atoms with Gasteiger partial charge in [-0.2, -0.15) is 0 Å². The van der Waals surface area contributed by atoms with Gasteiger partial charge < -0.3 is 10.2 Å². The van der Waals surface area contributed by atoms with Crippen LogP contribution in [-0.2, 0) is 10.0 Å². The van der Waals surface area contributed by atoms with E-state index < -0.39 is 21.5 Å². The molecule has 2 rings (SSSR count). The van der Waals surface area contributed by atoms with Gasteiger partial charge in [-0.05, 0) is 30.7 Å². The minimum Gasteiger partial charge on any atom is -0.477 e. The fraction of sp³-hybridized carbons (Fsp3) is 0.500. The maximum absolute atomic E-state index is 12.1. The summed E-state index contributed by atoms with van der Waals surface area (Å²) in [6.45, 7) is -0.279. The summed E-state index contributed by atoms with van der Waals surface area (Å²) in [5, 5.41) is 19.6. The van der Waals surface area contributed by atoms with E-state index in [0.29, 0.717) is 12.8 Å². The number of sulfonamides is 1. The quantitative estimate of drug-likeness (QED) is 0.738. The molecule has 1 fully saturated rings. The zero-order chi connectivity index (χ0) is 13.4. The molecule has 6 nitrogen and oxygen atoms in total. The highest BCUT2D eigenvalue weighted by Gasteiger charge is 2.41. The molecule has 0 atom stereocenters. The lowest BCUT2D eigenvalue weighted by Crippen LogP contribution is -2.56. The van der Waals surface area contributed by atoms with E-state index >= 15 is 0 Å². The zero-order valence-electron chi connectivity index (χ0n) is 9.42. The molecule has 1 aliphatic rings. The molecule has 0 bridgehead atoms. The molecule has 0 amide bonds. The van der Waals surface area contributed by atoms with E-state index in [9.17, 15) is 18.3 Å². The molecule has 0 aliphatic heterocycles. The van der Waals surface area contributed by atoms with Gasteiger partial charge in [0.05, 0.1) is 12.1 Å². The van der Waals surface area contributed by atoms with Gasteiger partial charge in [0.2, 0.25) is 10.0 Å². The number of thiophene rings is 1. The molecule has 100 valence electrons. The van der Waals surface area contributed by atoms with Crippen LogP contribution >= 0.6 is 11.3 Å². The standard InChI is InChI=1S/C10H13NO5S2/c12-6-10(3-1-4-10)11-18(15,16)7-2-5-17-8(7)9(13)14/h2,5,11-12H,1,3-4,6H2,(H,13,14).